The van der Waals surface area contributed by atoms with E-state index in [4.69, 9.17) is 17.3 Å². The molecule has 0 fully saturated rings. The van der Waals surface area contributed by atoms with Gasteiger partial charge in [-0.3, -0.25) is 4.79 Å². The highest BCUT2D eigenvalue weighted by Gasteiger charge is 2.12. The number of benzene rings is 1. The van der Waals surface area contributed by atoms with Gasteiger partial charge in [-0.05, 0) is 31.5 Å². The number of carbonyl (C=O) groups excluding carboxylic acids is 1. The van der Waals surface area contributed by atoms with Crippen LogP contribution in [0.4, 0.5) is 0 Å². The molecule has 0 unspecified atom stereocenters. The van der Waals surface area contributed by atoms with Crippen molar-refractivity contribution in [1.82, 2.24) is 5.32 Å². The van der Waals surface area contributed by atoms with Gasteiger partial charge in [-0.15, -0.1) is 0 Å². The van der Waals surface area contributed by atoms with Crippen LogP contribution in [-0.4, -0.2) is 11.9 Å². The van der Waals surface area contributed by atoms with E-state index in [1.807, 2.05) is 19.1 Å². The van der Waals surface area contributed by atoms with Crippen molar-refractivity contribution in [2.24, 2.45) is 5.73 Å². The molecule has 0 aliphatic heterocycles. The topological polar surface area (TPSA) is 55.1 Å². The van der Waals surface area contributed by atoms with Gasteiger partial charge in [0.15, 0.2) is 0 Å². The van der Waals surface area contributed by atoms with E-state index in [2.05, 4.69) is 5.32 Å². The van der Waals surface area contributed by atoms with E-state index in [9.17, 15) is 4.79 Å². The average molecular weight is 227 g/mol. The number of halogens is 1. The molecule has 3 N–H and O–H groups in total. The molecule has 1 aromatic rings. The van der Waals surface area contributed by atoms with Gasteiger partial charge >= 0.3 is 0 Å². The van der Waals surface area contributed by atoms with Crippen LogP contribution >= 0.6 is 11.6 Å². The minimum Gasteiger partial charge on any atom is -0.348 e. The fourth-order valence-electron chi connectivity index (χ4n) is 1.18. The molecule has 0 aromatic heterocycles. The maximum Gasteiger partial charge on any atom is 0.237 e. The first-order valence-electron chi connectivity index (χ1n) is 4.82. The highest BCUT2D eigenvalue weighted by molar-refractivity contribution is 6.30. The van der Waals surface area contributed by atoms with Crippen LogP contribution < -0.4 is 11.1 Å². The Labute approximate surface area is 94.6 Å². The fraction of sp³-hybridized carbons (Fsp3) is 0.364. The summed E-state index contributed by atoms with van der Waals surface area (Å²) in [5, 5.41) is 3.49. The number of hydrogen-bond acceptors (Lipinski definition) is 2. The molecule has 3 nitrogen and oxygen atoms in total. The normalized spacial score (nSPS) is 14.4. The predicted octanol–water partition coefficient (Wildman–Crippen LogP) is 1.86. The van der Waals surface area contributed by atoms with Gasteiger partial charge in [-0.2, -0.15) is 0 Å². The van der Waals surface area contributed by atoms with Gasteiger partial charge in [-0.25, -0.2) is 0 Å². The number of carbonyl (C=O) groups is 1. The SMILES string of the molecule is C[C@H](N)C(=O)N[C@@H](C)c1ccc(Cl)cc1. The van der Waals surface area contributed by atoms with Gasteiger partial charge in [-0.1, -0.05) is 23.7 Å². The Balaban J connectivity index is 2.65. The van der Waals surface area contributed by atoms with Crippen molar-refractivity contribution in [2.45, 2.75) is 25.9 Å². The third-order valence-corrected chi connectivity index (χ3v) is 2.39. The summed E-state index contributed by atoms with van der Waals surface area (Å²) in [6, 6.07) is 6.82. The smallest absolute Gasteiger partial charge is 0.237 e. The highest BCUT2D eigenvalue weighted by Crippen LogP contribution is 2.15. The Morgan fingerprint density at radius 2 is 1.87 bits per heavy atom. The number of amides is 1. The number of nitrogens with two attached hydrogens (primary N) is 1. The molecule has 0 saturated heterocycles. The molecule has 1 rings (SSSR count). The van der Waals surface area contributed by atoms with Gasteiger partial charge in [0.25, 0.3) is 0 Å². The maximum absolute atomic E-state index is 11.3. The van der Waals surface area contributed by atoms with E-state index in [1.54, 1.807) is 19.1 Å². The zero-order valence-corrected chi connectivity index (χ0v) is 9.58. The second-order valence-corrected chi connectivity index (χ2v) is 4.01. The van der Waals surface area contributed by atoms with E-state index in [1.165, 1.54) is 0 Å². The summed E-state index contributed by atoms with van der Waals surface area (Å²) in [5.74, 6) is -0.155. The van der Waals surface area contributed by atoms with E-state index in [0.717, 1.165) is 5.56 Å². The van der Waals surface area contributed by atoms with Gasteiger partial charge in [0, 0.05) is 5.02 Å². The quantitative estimate of drug-likeness (QED) is 0.827. The molecule has 0 heterocycles. The van der Waals surface area contributed by atoms with E-state index < -0.39 is 6.04 Å². The fourth-order valence-corrected chi connectivity index (χ4v) is 1.31. The van der Waals surface area contributed by atoms with Crippen molar-refractivity contribution in [1.29, 1.82) is 0 Å². The van der Waals surface area contributed by atoms with Crippen molar-refractivity contribution in [2.75, 3.05) is 0 Å². The van der Waals surface area contributed by atoms with E-state index in [0.29, 0.717) is 5.02 Å². The van der Waals surface area contributed by atoms with Crippen LogP contribution in [0.1, 0.15) is 25.5 Å². The van der Waals surface area contributed by atoms with Crippen LogP contribution in [0, 0.1) is 0 Å². The summed E-state index contributed by atoms with van der Waals surface area (Å²) in [5.41, 5.74) is 6.46. The van der Waals surface area contributed by atoms with Crippen LogP contribution in [-0.2, 0) is 4.79 Å². The van der Waals surface area contributed by atoms with Crippen molar-refractivity contribution in [3.63, 3.8) is 0 Å². The average Bonchev–Trinajstić information content (AvgIpc) is 2.18. The first-order valence-corrected chi connectivity index (χ1v) is 5.20. The summed E-state index contributed by atoms with van der Waals surface area (Å²) < 4.78 is 0. The minimum atomic E-state index is -0.486. The lowest BCUT2D eigenvalue weighted by molar-refractivity contribution is -0.122. The third-order valence-electron chi connectivity index (χ3n) is 2.14. The first-order chi connectivity index (χ1) is 7.00. The second kappa shape index (κ2) is 5.14. The molecule has 0 saturated carbocycles. The maximum atomic E-state index is 11.3. The monoisotopic (exact) mass is 226 g/mol. The Hall–Kier alpha value is -1.06. The molecule has 1 amide bonds. The van der Waals surface area contributed by atoms with E-state index >= 15 is 0 Å². The van der Waals surface area contributed by atoms with Crippen molar-refractivity contribution >= 4 is 17.5 Å². The molecule has 0 bridgehead atoms. The van der Waals surface area contributed by atoms with Gasteiger partial charge < -0.3 is 11.1 Å². The molecule has 2 atom stereocenters. The van der Waals surface area contributed by atoms with Gasteiger partial charge in [0.1, 0.15) is 0 Å². The molecule has 0 aliphatic rings. The number of rotatable bonds is 3. The van der Waals surface area contributed by atoms with E-state index in [-0.39, 0.29) is 11.9 Å². The molecular weight excluding hydrogens is 212 g/mol. The van der Waals surface area contributed by atoms with Gasteiger partial charge in [0.05, 0.1) is 12.1 Å². The Bertz CT molecular complexity index is 335. The molecule has 15 heavy (non-hydrogen) atoms. The summed E-state index contributed by atoms with van der Waals surface area (Å²) in [7, 11) is 0. The number of hydrogen-bond donors (Lipinski definition) is 2. The van der Waals surface area contributed by atoms with Crippen LogP contribution in [0.15, 0.2) is 24.3 Å². The lowest BCUT2D eigenvalue weighted by atomic mass is 10.1. The minimum absolute atomic E-state index is 0.0548. The van der Waals surface area contributed by atoms with Gasteiger partial charge in [0.2, 0.25) is 5.91 Å². The molecular formula is C11H15ClN2O. The van der Waals surface area contributed by atoms with Crippen LogP contribution in [0.5, 0.6) is 0 Å². The highest BCUT2D eigenvalue weighted by atomic mass is 35.5. The van der Waals surface area contributed by atoms with Crippen LogP contribution in [0.3, 0.4) is 0 Å². The Morgan fingerprint density at radius 1 is 1.33 bits per heavy atom. The first kappa shape index (κ1) is 12.0. The zero-order valence-electron chi connectivity index (χ0n) is 8.83. The zero-order chi connectivity index (χ0) is 11.4. The molecule has 0 radical (unpaired) electrons. The van der Waals surface area contributed by atoms with Crippen LogP contribution in [0.25, 0.3) is 0 Å². The van der Waals surface area contributed by atoms with Crippen molar-refractivity contribution in [3.05, 3.63) is 34.9 Å². The predicted molar refractivity (Wildman–Crippen MR) is 61.7 cm³/mol. The summed E-state index contributed by atoms with van der Waals surface area (Å²) >= 11 is 5.77. The summed E-state index contributed by atoms with van der Waals surface area (Å²) in [4.78, 5) is 11.3. The largest absolute Gasteiger partial charge is 0.348 e. The molecule has 4 heteroatoms. The third kappa shape index (κ3) is 3.53. The lowest BCUT2D eigenvalue weighted by Gasteiger charge is -2.15. The van der Waals surface area contributed by atoms with Crippen molar-refractivity contribution in [3.8, 4) is 0 Å². The lowest BCUT2D eigenvalue weighted by Crippen LogP contribution is -2.39. The molecule has 0 spiro atoms. The Morgan fingerprint density at radius 3 is 2.33 bits per heavy atom. The van der Waals surface area contributed by atoms with Crippen molar-refractivity contribution < 1.29 is 4.79 Å². The summed E-state index contributed by atoms with van der Waals surface area (Å²) in [6.45, 7) is 3.56. The standard InChI is InChI=1S/C11H15ClN2O/c1-7(13)11(15)14-8(2)9-3-5-10(12)6-4-9/h3-8H,13H2,1-2H3,(H,14,15)/t7-,8-/m0/s1. The molecule has 1 aromatic carbocycles. The molecule has 0 aliphatic carbocycles. The number of nitrogens with one attached hydrogen (secondary N) is 1. The summed E-state index contributed by atoms with van der Waals surface area (Å²) in [6.07, 6.45) is 0. The second-order valence-electron chi connectivity index (χ2n) is 3.57. The van der Waals surface area contributed by atoms with Crippen LogP contribution in [0.2, 0.25) is 5.02 Å². The Kier molecular flexibility index (Phi) is 4.12. The molecule has 82 valence electrons.